The van der Waals surface area contributed by atoms with Crippen molar-refractivity contribution in [3.8, 4) is 11.5 Å². The van der Waals surface area contributed by atoms with E-state index in [9.17, 15) is 15.0 Å². The molecule has 3 aliphatic rings. The van der Waals surface area contributed by atoms with E-state index in [1.807, 2.05) is 36.4 Å². The van der Waals surface area contributed by atoms with E-state index in [4.69, 9.17) is 14.2 Å². The van der Waals surface area contributed by atoms with Crippen LogP contribution in [0, 0.1) is 0 Å². The minimum atomic E-state index is -1.02. The lowest BCUT2D eigenvalue weighted by Crippen LogP contribution is -2.57. The van der Waals surface area contributed by atoms with Crippen molar-refractivity contribution in [2.45, 2.75) is 25.4 Å². The van der Waals surface area contributed by atoms with Gasteiger partial charge in [-0.1, -0.05) is 18.2 Å². The molecule has 1 unspecified atom stereocenters. The topological polar surface area (TPSA) is 107 Å². The molecule has 0 bridgehead atoms. The maximum atomic E-state index is 13.6. The smallest absolute Gasteiger partial charge is 0.274 e. The van der Waals surface area contributed by atoms with E-state index in [0.717, 1.165) is 22.0 Å². The van der Waals surface area contributed by atoms with E-state index in [0.29, 0.717) is 17.3 Å². The Morgan fingerprint density at radius 3 is 2.85 bits per heavy atom. The van der Waals surface area contributed by atoms with E-state index in [1.54, 1.807) is 24.1 Å². The molecular formula is C24H23N3O6. The normalized spacial score (nSPS) is 22.7. The van der Waals surface area contributed by atoms with Crippen molar-refractivity contribution in [1.82, 2.24) is 14.8 Å². The van der Waals surface area contributed by atoms with E-state index in [1.165, 1.54) is 4.90 Å². The Hall–Kier alpha value is -3.69. The number of piperazine rings is 1. The molecule has 0 aliphatic carbocycles. The summed E-state index contributed by atoms with van der Waals surface area (Å²) in [5, 5.41) is 21.7. The number of benzene rings is 2. The summed E-state index contributed by atoms with van der Waals surface area (Å²) in [5.41, 5.74) is 2.63. The van der Waals surface area contributed by atoms with Gasteiger partial charge in [-0.2, -0.15) is 0 Å². The molecule has 3 atom stereocenters. The molecule has 170 valence electrons. The molecule has 9 nitrogen and oxygen atoms in total. The van der Waals surface area contributed by atoms with Crippen LogP contribution >= 0.6 is 0 Å². The monoisotopic (exact) mass is 449 g/mol. The third kappa shape index (κ3) is 2.96. The molecule has 0 spiro atoms. The van der Waals surface area contributed by atoms with E-state index >= 15 is 0 Å². The number of fused-ring (bicyclic) bond motifs is 3. The van der Waals surface area contributed by atoms with Crippen molar-refractivity contribution >= 4 is 22.6 Å². The molecule has 3 N–H and O–H groups in total. The lowest BCUT2D eigenvalue weighted by molar-refractivity contribution is -0.151. The minimum absolute atomic E-state index is 0.0512. The highest BCUT2D eigenvalue weighted by molar-refractivity contribution is 6.04. The van der Waals surface area contributed by atoms with E-state index < -0.39 is 18.5 Å². The molecule has 2 aromatic carbocycles. The molecule has 6 rings (SSSR count). The highest BCUT2D eigenvalue weighted by Gasteiger charge is 2.49. The molecule has 1 amide bonds. The SMILES string of the molecule is C[C@H](CO)N1CC(O)N2C(=C(c3c[nH]c4ccccc34)O[C@H]2c2ccc3c(c2)OCO3)C1=O. The molecule has 1 fully saturated rings. The number of carbonyl (C=O) groups is 1. The fourth-order valence-electron chi connectivity index (χ4n) is 4.68. The third-order valence-electron chi connectivity index (χ3n) is 6.41. The Morgan fingerprint density at radius 2 is 2.00 bits per heavy atom. The first-order chi connectivity index (χ1) is 16.1. The molecule has 3 aliphatic heterocycles. The first kappa shape index (κ1) is 20.0. The van der Waals surface area contributed by atoms with Gasteiger partial charge in [0.25, 0.3) is 5.91 Å². The van der Waals surface area contributed by atoms with Crippen LogP contribution in [-0.2, 0) is 9.53 Å². The van der Waals surface area contributed by atoms with Gasteiger partial charge in [-0.3, -0.25) is 9.69 Å². The van der Waals surface area contributed by atoms with Crippen LogP contribution in [0.2, 0.25) is 0 Å². The standard InChI is InChI=1S/C24H23N3O6/c1-13(11-28)26-10-20(29)27-21(23(26)30)22(16-9-25-17-5-3-2-4-15(16)17)33-24(27)14-6-7-18-19(8-14)32-12-31-18/h2-9,13,20,24-25,28-29H,10-12H2,1H3/t13-,20?,24+/m1/s1. The number of amides is 1. The summed E-state index contributed by atoms with van der Waals surface area (Å²) in [6, 6.07) is 12.7. The van der Waals surface area contributed by atoms with Crippen LogP contribution in [0.5, 0.6) is 11.5 Å². The Bertz CT molecular complexity index is 1280. The van der Waals surface area contributed by atoms with Crippen LogP contribution in [0.25, 0.3) is 16.7 Å². The van der Waals surface area contributed by atoms with Crippen molar-refractivity contribution in [1.29, 1.82) is 0 Å². The number of β-amino-alcohol motifs (C(OH)–C–C–N with tert-alkyl or cyclic N) is 1. The van der Waals surface area contributed by atoms with Crippen LogP contribution < -0.4 is 9.47 Å². The zero-order valence-electron chi connectivity index (χ0n) is 17.9. The first-order valence-corrected chi connectivity index (χ1v) is 10.8. The summed E-state index contributed by atoms with van der Waals surface area (Å²) in [5.74, 6) is 1.31. The number of H-pyrrole nitrogens is 1. The Balaban J connectivity index is 1.50. The second kappa shape index (κ2) is 7.43. The summed E-state index contributed by atoms with van der Waals surface area (Å²) in [4.78, 5) is 19.9. The second-order valence-electron chi connectivity index (χ2n) is 8.39. The van der Waals surface area contributed by atoms with Gasteiger partial charge in [-0.15, -0.1) is 0 Å². The highest BCUT2D eigenvalue weighted by Crippen LogP contribution is 2.47. The second-order valence-corrected chi connectivity index (χ2v) is 8.39. The summed E-state index contributed by atoms with van der Waals surface area (Å²) in [6.45, 7) is 1.74. The lowest BCUT2D eigenvalue weighted by atomic mass is 10.1. The average molecular weight is 449 g/mol. The molecule has 0 radical (unpaired) electrons. The Morgan fingerprint density at radius 1 is 1.18 bits per heavy atom. The number of aromatic nitrogens is 1. The van der Waals surface area contributed by atoms with E-state index in [2.05, 4.69) is 4.98 Å². The van der Waals surface area contributed by atoms with Crippen molar-refractivity contribution in [2.24, 2.45) is 0 Å². The van der Waals surface area contributed by atoms with Gasteiger partial charge in [0.1, 0.15) is 6.23 Å². The number of para-hydroxylation sites is 1. The molecule has 33 heavy (non-hydrogen) atoms. The van der Waals surface area contributed by atoms with Gasteiger partial charge < -0.3 is 34.3 Å². The molecule has 1 aromatic heterocycles. The summed E-state index contributed by atoms with van der Waals surface area (Å²) in [7, 11) is 0. The molecular weight excluding hydrogens is 426 g/mol. The van der Waals surface area contributed by atoms with Crippen LogP contribution in [0.15, 0.2) is 54.4 Å². The molecule has 4 heterocycles. The zero-order valence-corrected chi connectivity index (χ0v) is 17.9. The zero-order chi connectivity index (χ0) is 22.7. The minimum Gasteiger partial charge on any atom is -0.463 e. The number of aromatic amines is 1. The summed E-state index contributed by atoms with van der Waals surface area (Å²) >= 11 is 0. The maximum absolute atomic E-state index is 13.6. The number of ether oxygens (including phenoxy) is 3. The predicted molar refractivity (Wildman–Crippen MR) is 118 cm³/mol. The van der Waals surface area contributed by atoms with E-state index in [-0.39, 0.29) is 31.5 Å². The fraction of sp³-hybridized carbons (Fsp3) is 0.292. The van der Waals surface area contributed by atoms with Gasteiger partial charge in [0.2, 0.25) is 13.0 Å². The molecule has 9 heteroatoms. The number of rotatable bonds is 4. The fourth-order valence-corrected chi connectivity index (χ4v) is 4.68. The van der Waals surface area contributed by atoms with Crippen molar-refractivity contribution in [3.63, 3.8) is 0 Å². The largest absolute Gasteiger partial charge is 0.463 e. The number of hydrogen-bond acceptors (Lipinski definition) is 7. The highest BCUT2D eigenvalue weighted by atomic mass is 16.7. The number of nitrogens with one attached hydrogen (secondary N) is 1. The third-order valence-corrected chi connectivity index (χ3v) is 6.41. The number of aliphatic hydroxyl groups excluding tert-OH is 2. The Kier molecular flexibility index (Phi) is 4.49. The van der Waals surface area contributed by atoms with Crippen LogP contribution in [0.4, 0.5) is 0 Å². The van der Waals surface area contributed by atoms with Crippen molar-refractivity contribution in [2.75, 3.05) is 19.9 Å². The lowest BCUT2D eigenvalue weighted by Gasteiger charge is -2.42. The van der Waals surface area contributed by atoms with Crippen molar-refractivity contribution < 1.29 is 29.2 Å². The van der Waals surface area contributed by atoms with Gasteiger partial charge in [-0.05, 0) is 31.2 Å². The predicted octanol–water partition coefficient (Wildman–Crippen LogP) is 2.14. The number of carbonyl (C=O) groups excluding carboxylic acids is 1. The summed E-state index contributed by atoms with van der Waals surface area (Å²) in [6.07, 6.45) is 0.0508. The van der Waals surface area contributed by atoms with Crippen molar-refractivity contribution in [3.05, 3.63) is 65.5 Å². The maximum Gasteiger partial charge on any atom is 0.274 e. The van der Waals surface area contributed by atoms with Crippen LogP contribution in [-0.4, -0.2) is 63.1 Å². The number of hydrogen-bond donors (Lipinski definition) is 3. The first-order valence-electron chi connectivity index (χ1n) is 10.8. The van der Waals surface area contributed by atoms with Crippen LogP contribution in [0.3, 0.4) is 0 Å². The van der Waals surface area contributed by atoms with Gasteiger partial charge in [0.15, 0.2) is 23.0 Å². The molecule has 3 aromatic rings. The van der Waals surface area contributed by atoms with Gasteiger partial charge in [-0.25, -0.2) is 0 Å². The van der Waals surface area contributed by atoms with Crippen LogP contribution in [0.1, 0.15) is 24.3 Å². The average Bonchev–Trinajstić information content (AvgIpc) is 3.56. The molecule has 0 saturated carbocycles. The Labute approximate surface area is 189 Å². The van der Waals surface area contributed by atoms with Gasteiger partial charge in [0, 0.05) is 28.2 Å². The number of nitrogens with zero attached hydrogens (tertiary/aromatic N) is 2. The quantitative estimate of drug-likeness (QED) is 0.560. The number of aliphatic hydroxyl groups is 2. The van der Waals surface area contributed by atoms with Gasteiger partial charge in [0.05, 0.1) is 19.2 Å². The summed E-state index contributed by atoms with van der Waals surface area (Å²) < 4.78 is 17.4. The van der Waals surface area contributed by atoms with Gasteiger partial charge >= 0.3 is 0 Å². The molecule has 1 saturated heterocycles.